The van der Waals surface area contributed by atoms with Gasteiger partial charge in [0, 0.05) is 31.9 Å². The van der Waals surface area contributed by atoms with Crippen LogP contribution in [0.5, 0.6) is 0 Å². The van der Waals surface area contributed by atoms with Crippen LogP contribution in [0.2, 0.25) is 0 Å². The number of amides is 2. The molecule has 6 heteroatoms. The number of carbonyl (C=O) groups excluding carboxylic acids is 1. The molecule has 138 valence electrons. The van der Waals surface area contributed by atoms with Crippen LogP contribution in [0.4, 0.5) is 10.5 Å². The first-order valence-corrected chi connectivity index (χ1v) is 8.89. The number of anilines is 1. The van der Waals surface area contributed by atoms with Crippen molar-refractivity contribution in [2.75, 3.05) is 31.1 Å². The zero-order valence-electron chi connectivity index (χ0n) is 15.6. The van der Waals surface area contributed by atoms with E-state index in [1.807, 2.05) is 13.8 Å². The number of carboxylic acid groups (broad SMARTS) is 1. The van der Waals surface area contributed by atoms with E-state index >= 15 is 0 Å². The number of benzene rings is 1. The first-order valence-electron chi connectivity index (χ1n) is 8.89. The lowest BCUT2D eigenvalue weighted by atomic mass is 10.0. The highest BCUT2D eigenvalue weighted by molar-refractivity contribution is 5.82. The molecule has 1 aliphatic heterocycles. The van der Waals surface area contributed by atoms with Crippen molar-refractivity contribution < 1.29 is 14.7 Å². The molecule has 0 aliphatic carbocycles. The smallest absolute Gasteiger partial charge is 0.326 e. The molecule has 1 aromatic rings. The summed E-state index contributed by atoms with van der Waals surface area (Å²) in [7, 11) is 0. The predicted molar refractivity (Wildman–Crippen MR) is 99.1 cm³/mol. The van der Waals surface area contributed by atoms with Gasteiger partial charge in [0.1, 0.15) is 6.04 Å². The van der Waals surface area contributed by atoms with Gasteiger partial charge in [-0.1, -0.05) is 26.0 Å². The Morgan fingerprint density at radius 2 is 1.80 bits per heavy atom. The van der Waals surface area contributed by atoms with Crippen LogP contribution in [0, 0.1) is 19.8 Å². The molecule has 1 atom stereocenters. The number of hydrogen-bond acceptors (Lipinski definition) is 3. The van der Waals surface area contributed by atoms with E-state index in [9.17, 15) is 14.7 Å². The molecular formula is C19H29N3O3. The summed E-state index contributed by atoms with van der Waals surface area (Å²) >= 11 is 0. The average Bonchev–Trinajstić information content (AvgIpc) is 2.56. The first kappa shape index (κ1) is 19.1. The van der Waals surface area contributed by atoms with Crippen LogP contribution in [0.1, 0.15) is 31.4 Å². The topological polar surface area (TPSA) is 72.9 Å². The van der Waals surface area contributed by atoms with Gasteiger partial charge in [-0.2, -0.15) is 0 Å². The van der Waals surface area contributed by atoms with Gasteiger partial charge in [-0.25, -0.2) is 9.59 Å². The lowest BCUT2D eigenvalue weighted by molar-refractivity contribution is -0.139. The van der Waals surface area contributed by atoms with Gasteiger partial charge in [-0.15, -0.1) is 0 Å². The molecule has 6 nitrogen and oxygen atoms in total. The van der Waals surface area contributed by atoms with E-state index in [-0.39, 0.29) is 11.9 Å². The average molecular weight is 347 g/mol. The van der Waals surface area contributed by atoms with E-state index in [4.69, 9.17) is 0 Å². The number of nitrogens with one attached hydrogen (secondary N) is 1. The highest BCUT2D eigenvalue weighted by atomic mass is 16.4. The number of nitrogens with zero attached hydrogens (tertiary/aromatic N) is 2. The summed E-state index contributed by atoms with van der Waals surface area (Å²) in [5.74, 6) is -0.765. The molecule has 2 rings (SSSR count). The third-order valence-electron chi connectivity index (χ3n) is 4.79. The molecule has 1 aliphatic rings. The Balaban J connectivity index is 1.93. The van der Waals surface area contributed by atoms with Crippen molar-refractivity contribution in [1.82, 2.24) is 10.2 Å². The molecule has 0 spiro atoms. The Kier molecular flexibility index (Phi) is 6.28. The summed E-state index contributed by atoms with van der Waals surface area (Å²) in [6.45, 7) is 10.8. The van der Waals surface area contributed by atoms with Gasteiger partial charge in [0.15, 0.2) is 0 Å². The summed E-state index contributed by atoms with van der Waals surface area (Å²) in [6, 6.07) is 5.16. The molecule has 1 unspecified atom stereocenters. The van der Waals surface area contributed by atoms with Crippen molar-refractivity contribution in [1.29, 1.82) is 0 Å². The molecular weight excluding hydrogens is 318 g/mol. The number of aryl methyl sites for hydroxylation is 1. The maximum atomic E-state index is 12.4. The first-order chi connectivity index (χ1) is 11.8. The molecule has 25 heavy (non-hydrogen) atoms. The molecule has 0 bridgehead atoms. The Hall–Kier alpha value is -2.24. The number of piperazine rings is 1. The fourth-order valence-corrected chi connectivity index (χ4v) is 3.16. The van der Waals surface area contributed by atoms with Crippen LogP contribution >= 0.6 is 0 Å². The second kappa shape index (κ2) is 8.23. The van der Waals surface area contributed by atoms with E-state index in [1.165, 1.54) is 16.8 Å². The van der Waals surface area contributed by atoms with Crippen LogP contribution in [-0.4, -0.2) is 54.2 Å². The highest BCUT2D eigenvalue weighted by Gasteiger charge is 2.26. The fourth-order valence-electron chi connectivity index (χ4n) is 3.16. The zero-order chi connectivity index (χ0) is 18.6. The monoisotopic (exact) mass is 347 g/mol. The molecule has 0 aromatic heterocycles. The van der Waals surface area contributed by atoms with Crippen molar-refractivity contribution in [3.8, 4) is 0 Å². The fraction of sp³-hybridized carbons (Fsp3) is 0.579. The Labute approximate surface area is 149 Å². The minimum Gasteiger partial charge on any atom is -0.480 e. The molecule has 2 amide bonds. The van der Waals surface area contributed by atoms with Gasteiger partial charge >= 0.3 is 12.0 Å². The van der Waals surface area contributed by atoms with Crippen LogP contribution in [-0.2, 0) is 4.79 Å². The molecule has 1 aromatic carbocycles. The SMILES string of the molecule is Cc1cccc(N2CCN(C(=O)NC(CC(C)C)C(=O)O)CC2)c1C. The maximum Gasteiger partial charge on any atom is 0.326 e. The van der Waals surface area contributed by atoms with Gasteiger partial charge in [0.25, 0.3) is 0 Å². The van der Waals surface area contributed by atoms with Crippen LogP contribution < -0.4 is 10.2 Å². The lowest BCUT2D eigenvalue weighted by Gasteiger charge is -2.37. The predicted octanol–water partition coefficient (Wildman–Crippen LogP) is 2.63. The third-order valence-corrected chi connectivity index (χ3v) is 4.79. The highest BCUT2D eigenvalue weighted by Crippen LogP contribution is 2.23. The van der Waals surface area contributed by atoms with Gasteiger partial charge in [0.2, 0.25) is 0 Å². The zero-order valence-corrected chi connectivity index (χ0v) is 15.6. The van der Waals surface area contributed by atoms with Gasteiger partial charge in [-0.05, 0) is 43.4 Å². The summed E-state index contributed by atoms with van der Waals surface area (Å²) in [6.07, 6.45) is 0.434. The van der Waals surface area contributed by atoms with E-state index in [0.29, 0.717) is 19.5 Å². The van der Waals surface area contributed by atoms with Crippen molar-refractivity contribution in [3.05, 3.63) is 29.3 Å². The van der Waals surface area contributed by atoms with E-state index in [2.05, 4.69) is 42.3 Å². The molecule has 2 N–H and O–H groups in total. The quantitative estimate of drug-likeness (QED) is 0.859. The number of carboxylic acids is 1. The maximum absolute atomic E-state index is 12.4. The standard InChI is InChI=1S/C19H29N3O3/c1-13(2)12-16(18(23)24)20-19(25)22-10-8-21(9-11-22)17-7-5-6-14(3)15(17)4/h5-7,13,16H,8-12H2,1-4H3,(H,20,25)(H,23,24). The number of carbonyl (C=O) groups is 2. The van der Waals surface area contributed by atoms with Crippen molar-refractivity contribution in [2.24, 2.45) is 5.92 Å². The van der Waals surface area contributed by atoms with E-state index in [1.54, 1.807) is 4.90 Å². The molecule has 0 saturated carbocycles. The van der Waals surface area contributed by atoms with Gasteiger partial charge in [0.05, 0.1) is 0 Å². The summed E-state index contributed by atoms with van der Waals surface area (Å²) < 4.78 is 0. The van der Waals surface area contributed by atoms with Crippen molar-refractivity contribution >= 4 is 17.7 Å². The molecule has 1 heterocycles. The molecule has 1 fully saturated rings. The van der Waals surface area contributed by atoms with E-state index < -0.39 is 12.0 Å². The number of hydrogen-bond donors (Lipinski definition) is 2. The Bertz CT molecular complexity index is 622. The minimum absolute atomic E-state index is 0.211. The third kappa shape index (κ3) is 4.87. The number of urea groups is 1. The Morgan fingerprint density at radius 1 is 1.16 bits per heavy atom. The molecule has 0 radical (unpaired) electrons. The lowest BCUT2D eigenvalue weighted by Crippen LogP contribution is -2.55. The van der Waals surface area contributed by atoms with Gasteiger partial charge in [-0.3, -0.25) is 0 Å². The normalized spacial score (nSPS) is 16.0. The van der Waals surface area contributed by atoms with Crippen LogP contribution in [0.15, 0.2) is 18.2 Å². The van der Waals surface area contributed by atoms with Crippen LogP contribution in [0.25, 0.3) is 0 Å². The van der Waals surface area contributed by atoms with E-state index in [0.717, 1.165) is 13.1 Å². The largest absolute Gasteiger partial charge is 0.480 e. The van der Waals surface area contributed by atoms with Crippen LogP contribution in [0.3, 0.4) is 0 Å². The number of rotatable bonds is 5. The minimum atomic E-state index is -0.976. The van der Waals surface area contributed by atoms with Crippen molar-refractivity contribution in [3.63, 3.8) is 0 Å². The summed E-state index contributed by atoms with van der Waals surface area (Å²) in [5, 5.41) is 11.9. The summed E-state index contributed by atoms with van der Waals surface area (Å²) in [4.78, 5) is 27.7. The second-order valence-corrected chi connectivity index (χ2v) is 7.16. The van der Waals surface area contributed by atoms with Crippen molar-refractivity contribution in [2.45, 2.75) is 40.2 Å². The second-order valence-electron chi connectivity index (χ2n) is 7.16. The van der Waals surface area contributed by atoms with Gasteiger partial charge < -0.3 is 20.2 Å². The summed E-state index contributed by atoms with van der Waals surface area (Å²) in [5.41, 5.74) is 3.74. The Morgan fingerprint density at radius 3 is 2.36 bits per heavy atom. The molecule has 1 saturated heterocycles. The number of aliphatic carboxylic acids is 1.